The number of thiophene rings is 1. The molecule has 0 aliphatic rings. The van der Waals surface area contributed by atoms with Crippen molar-refractivity contribution in [1.82, 2.24) is 10.4 Å². The number of pyridine rings is 1. The lowest BCUT2D eigenvalue weighted by atomic mass is 10.1. The van der Waals surface area contributed by atoms with Crippen molar-refractivity contribution in [2.45, 2.75) is 6.04 Å². The first-order chi connectivity index (χ1) is 7.31. The Kier molecular flexibility index (Phi) is 3.33. The highest BCUT2D eigenvalue weighted by Gasteiger charge is 2.13. The van der Waals surface area contributed by atoms with Gasteiger partial charge >= 0.3 is 0 Å². The molecule has 0 aromatic carbocycles. The molecule has 2 aromatic heterocycles. The molecule has 1 atom stereocenters. The minimum Gasteiger partial charge on any atom is -0.271 e. The number of halogens is 1. The zero-order chi connectivity index (χ0) is 10.7. The molecule has 3 nitrogen and oxygen atoms in total. The van der Waals surface area contributed by atoms with Crippen molar-refractivity contribution in [3.8, 4) is 0 Å². The Morgan fingerprint density at radius 2 is 2.33 bits per heavy atom. The maximum Gasteiger partial charge on any atom is 0.129 e. The van der Waals surface area contributed by atoms with Crippen molar-refractivity contribution in [2.75, 3.05) is 0 Å². The third-order valence-corrected chi connectivity index (χ3v) is 3.22. The van der Waals surface area contributed by atoms with Crippen LogP contribution in [0.5, 0.6) is 0 Å². The molecule has 0 aliphatic heterocycles. The fourth-order valence-electron chi connectivity index (χ4n) is 1.40. The van der Waals surface area contributed by atoms with E-state index in [1.807, 2.05) is 29.6 Å². The van der Waals surface area contributed by atoms with Crippen LogP contribution in [0.4, 0.5) is 0 Å². The van der Waals surface area contributed by atoms with Crippen LogP contribution in [0.3, 0.4) is 0 Å². The molecule has 5 heteroatoms. The van der Waals surface area contributed by atoms with Gasteiger partial charge in [0.25, 0.3) is 0 Å². The second-order valence-electron chi connectivity index (χ2n) is 3.03. The molecule has 0 saturated heterocycles. The number of nitrogens with two attached hydrogens (primary N) is 1. The van der Waals surface area contributed by atoms with Crippen molar-refractivity contribution in [2.24, 2.45) is 5.84 Å². The van der Waals surface area contributed by atoms with Crippen LogP contribution in [0.2, 0.25) is 5.15 Å². The molecule has 2 heterocycles. The second-order valence-corrected chi connectivity index (χ2v) is 4.39. The molecule has 1 unspecified atom stereocenters. The van der Waals surface area contributed by atoms with Gasteiger partial charge in [-0.25, -0.2) is 10.4 Å². The summed E-state index contributed by atoms with van der Waals surface area (Å²) in [5.74, 6) is 5.54. The SMILES string of the molecule is NNC(c1ccnc(Cl)c1)c1cccs1. The standard InChI is InChI=1S/C10H10ClN3S/c11-9-6-7(3-4-13-9)10(14-12)8-2-1-5-15-8/h1-6,10,14H,12H2. The Balaban J connectivity index is 2.35. The highest BCUT2D eigenvalue weighted by Crippen LogP contribution is 2.25. The summed E-state index contributed by atoms with van der Waals surface area (Å²) in [7, 11) is 0. The number of hydrazine groups is 1. The molecular weight excluding hydrogens is 230 g/mol. The molecule has 0 aliphatic carbocycles. The van der Waals surface area contributed by atoms with Gasteiger partial charge in [-0.15, -0.1) is 11.3 Å². The summed E-state index contributed by atoms with van der Waals surface area (Å²) in [6.07, 6.45) is 1.68. The van der Waals surface area contributed by atoms with E-state index in [0.29, 0.717) is 5.15 Å². The molecule has 0 spiro atoms. The van der Waals surface area contributed by atoms with E-state index in [1.165, 1.54) is 0 Å². The van der Waals surface area contributed by atoms with Crippen LogP contribution < -0.4 is 11.3 Å². The molecule has 78 valence electrons. The smallest absolute Gasteiger partial charge is 0.129 e. The van der Waals surface area contributed by atoms with Crippen molar-refractivity contribution >= 4 is 22.9 Å². The predicted octanol–water partition coefficient (Wildman–Crippen LogP) is 2.35. The molecule has 2 rings (SSSR count). The van der Waals surface area contributed by atoms with Gasteiger partial charge in [0, 0.05) is 11.1 Å². The summed E-state index contributed by atoms with van der Waals surface area (Å²) in [5, 5.41) is 2.49. The van der Waals surface area contributed by atoms with Gasteiger partial charge in [-0.3, -0.25) is 5.84 Å². The van der Waals surface area contributed by atoms with Crippen LogP contribution in [0.1, 0.15) is 16.5 Å². The van der Waals surface area contributed by atoms with E-state index in [1.54, 1.807) is 17.5 Å². The average molecular weight is 240 g/mol. The Morgan fingerprint density at radius 3 is 2.93 bits per heavy atom. The molecule has 0 radical (unpaired) electrons. The molecule has 2 aromatic rings. The Hall–Kier alpha value is -0.940. The Labute approximate surface area is 96.9 Å². The maximum atomic E-state index is 5.83. The summed E-state index contributed by atoms with van der Waals surface area (Å²) in [6.45, 7) is 0. The largest absolute Gasteiger partial charge is 0.271 e. The fourth-order valence-corrected chi connectivity index (χ4v) is 2.39. The van der Waals surface area contributed by atoms with E-state index < -0.39 is 0 Å². The first-order valence-electron chi connectivity index (χ1n) is 4.42. The minimum atomic E-state index is -0.0227. The number of nitrogens with zero attached hydrogens (tertiary/aromatic N) is 1. The first-order valence-corrected chi connectivity index (χ1v) is 5.68. The lowest BCUT2D eigenvalue weighted by Gasteiger charge is -2.14. The first kappa shape index (κ1) is 10.6. The number of aromatic nitrogens is 1. The van der Waals surface area contributed by atoms with Gasteiger partial charge in [-0.2, -0.15) is 0 Å². The van der Waals surface area contributed by atoms with Crippen LogP contribution in [-0.2, 0) is 0 Å². The third-order valence-electron chi connectivity index (χ3n) is 2.08. The van der Waals surface area contributed by atoms with Crippen molar-refractivity contribution < 1.29 is 0 Å². The van der Waals surface area contributed by atoms with Crippen molar-refractivity contribution in [1.29, 1.82) is 0 Å². The molecule has 0 bridgehead atoms. The number of hydrogen-bond acceptors (Lipinski definition) is 4. The van der Waals surface area contributed by atoms with Crippen LogP contribution >= 0.6 is 22.9 Å². The summed E-state index contributed by atoms with van der Waals surface area (Å²) in [6, 6.07) is 7.71. The van der Waals surface area contributed by atoms with Gasteiger partial charge in [0.2, 0.25) is 0 Å². The molecule has 0 amide bonds. The van der Waals surface area contributed by atoms with E-state index in [-0.39, 0.29) is 6.04 Å². The van der Waals surface area contributed by atoms with E-state index in [4.69, 9.17) is 17.4 Å². The minimum absolute atomic E-state index is 0.0227. The Morgan fingerprint density at radius 1 is 1.47 bits per heavy atom. The average Bonchev–Trinajstić information content (AvgIpc) is 2.72. The van der Waals surface area contributed by atoms with Gasteiger partial charge in [0.1, 0.15) is 5.15 Å². The molecule has 0 fully saturated rings. The predicted molar refractivity (Wildman–Crippen MR) is 62.7 cm³/mol. The van der Waals surface area contributed by atoms with E-state index in [9.17, 15) is 0 Å². The van der Waals surface area contributed by atoms with Gasteiger partial charge in [-0.05, 0) is 29.1 Å². The summed E-state index contributed by atoms with van der Waals surface area (Å²) < 4.78 is 0. The van der Waals surface area contributed by atoms with Gasteiger partial charge in [0.15, 0.2) is 0 Å². The molecular formula is C10H10ClN3S. The van der Waals surface area contributed by atoms with Gasteiger partial charge < -0.3 is 0 Å². The lowest BCUT2D eigenvalue weighted by Crippen LogP contribution is -2.28. The zero-order valence-electron chi connectivity index (χ0n) is 7.85. The third kappa shape index (κ3) is 2.35. The zero-order valence-corrected chi connectivity index (χ0v) is 9.42. The van der Waals surface area contributed by atoms with Crippen LogP contribution in [0, 0.1) is 0 Å². The Bertz CT molecular complexity index is 430. The molecule has 0 saturated carbocycles. The molecule has 15 heavy (non-hydrogen) atoms. The highest BCUT2D eigenvalue weighted by molar-refractivity contribution is 7.10. The maximum absolute atomic E-state index is 5.83. The van der Waals surface area contributed by atoms with Crippen LogP contribution in [0.15, 0.2) is 35.8 Å². The van der Waals surface area contributed by atoms with Crippen LogP contribution in [0.25, 0.3) is 0 Å². The number of nitrogens with one attached hydrogen (secondary N) is 1. The van der Waals surface area contributed by atoms with E-state index in [2.05, 4.69) is 10.4 Å². The van der Waals surface area contributed by atoms with Gasteiger partial charge in [0.05, 0.1) is 6.04 Å². The summed E-state index contributed by atoms with van der Waals surface area (Å²) in [4.78, 5) is 5.09. The molecule has 3 N–H and O–H groups in total. The van der Waals surface area contributed by atoms with Crippen molar-refractivity contribution in [3.05, 3.63) is 51.4 Å². The summed E-state index contributed by atoms with van der Waals surface area (Å²) in [5.41, 5.74) is 3.79. The monoisotopic (exact) mass is 239 g/mol. The van der Waals surface area contributed by atoms with Crippen molar-refractivity contribution in [3.63, 3.8) is 0 Å². The fraction of sp³-hybridized carbons (Fsp3) is 0.100. The van der Waals surface area contributed by atoms with E-state index in [0.717, 1.165) is 10.4 Å². The van der Waals surface area contributed by atoms with Gasteiger partial charge in [-0.1, -0.05) is 17.7 Å². The quantitative estimate of drug-likeness (QED) is 0.491. The summed E-state index contributed by atoms with van der Waals surface area (Å²) >= 11 is 7.48. The van der Waals surface area contributed by atoms with E-state index >= 15 is 0 Å². The lowest BCUT2D eigenvalue weighted by molar-refractivity contribution is 0.646. The van der Waals surface area contributed by atoms with Crippen LogP contribution in [-0.4, -0.2) is 4.98 Å². The number of rotatable bonds is 3. The number of hydrogen-bond donors (Lipinski definition) is 2. The topological polar surface area (TPSA) is 50.9 Å². The normalized spacial score (nSPS) is 12.7. The second kappa shape index (κ2) is 4.72. The highest BCUT2D eigenvalue weighted by atomic mass is 35.5.